The fraction of sp³-hybridized carbons (Fsp3) is 0.429. The van der Waals surface area contributed by atoms with Crippen LogP contribution in [0.3, 0.4) is 0 Å². The quantitative estimate of drug-likeness (QED) is 0.788. The predicted octanol–water partition coefficient (Wildman–Crippen LogP) is 1.58. The van der Waals surface area contributed by atoms with Crippen molar-refractivity contribution in [1.82, 2.24) is 24.6 Å². The topological polar surface area (TPSA) is 63.9 Å². The van der Waals surface area contributed by atoms with Crippen LogP contribution in [-0.2, 0) is 4.79 Å². The van der Waals surface area contributed by atoms with Crippen LogP contribution in [0.15, 0.2) is 24.5 Å². The van der Waals surface area contributed by atoms with Crippen molar-refractivity contribution in [3.63, 3.8) is 0 Å². The van der Waals surface area contributed by atoms with Gasteiger partial charge < -0.3 is 4.90 Å². The van der Waals surface area contributed by atoms with Crippen molar-refractivity contribution >= 4 is 5.91 Å². The zero-order valence-electron chi connectivity index (χ0n) is 11.2. The van der Waals surface area contributed by atoms with Gasteiger partial charge in [0.05, 0.1) is 6.04 Å². The van der Waals surface area contributed by atoms with Gasteiger partial charge in [-0.3, -0.25) is 14.3 Å². The smallest absolute Gasteiger partial charge is 0.246 e. The second-order valence-electron chi connectivity index (χ2n) is 5.36. The highest BCUT2D eigenvalue weighted by atomic mass is 16.2. The van der Waals surface area contributed by atoms with Crippen LogP contribution in [-0.4, -0.2) is 37.1 Å². The molecule has 102 valence electrons. The number of carbonyl (C=O) groups is 1. The fourth-order valence-electron chi connectivity index (χ4n) is 3.25. The number of nitrogens with zero attached hydrogens (tertiary/aromatic N) is 5. The predicted molar refractivity (Wildman–Crippen MR) is 71.7 cm³/mol. The van der Waals surface area contributed by atoms with Crippen LogP contribution in [0.5, 0.6) is 0 Å². The molecule has 20 heavy (non-hydrogen) atoms. The normalized spacial score (nSPS) is 24.6. The number of rotatable bonds is 1. The molecule has 2 aromatic rings. The molecule has 1 fully saturated rings. The van der Waals surface area contributed by atoms with Crippen LogP contribution in [0.25, 0.3) is 11.4 Å². The van der Waals surface area contributed by atoms with Gasteiger partial charge in [-0.15, -0.1) is 10.2 Å². The third-order valence-electron chi connectivity index (χ3n) is 4.22. The van der Waals surface area contributed by atoms with E-state index in [2.05, 4.69) is 15.2 Å². The van der Waals surface area contributed by atoms with E-state index in [0.717, 1.165) is 36.6 Å². The second kappa shape index (κ2) is 4.13. The number of hydrogen-bond acceptors (Lipinski definition) is 4. The van der Waals surface area contributed by atoms with E-state index in [0.29, 0.717) is 0 Å². The number of amides is 1. The first-order valence-corrected chi connectivity index (χ1v) is 6.93. The van der Waals surface area contributed by atoms with Crippen molar-refractivity contribution in [2.24, 2.45) is 0 Å². The van der Waals surface area contributed by atoms with Crippen molar-refractivity contribution in [1.29, 1.82) is 0 Å². The number of carbonyl (C=O) groups excluding carboxylic acids is 1. The van der Waals surface area contributed by atoms with Gasteiger partial charge in [0.25, 0.3) is 0 Å². The van der Waals surface area contributed by atoms with E-state index in [1.807, 2.05) is 28.5 Å². The van der Waals surface area contributed by atoms with Crippen molar-refractivity contribution < 1.29 is 4.79 Å². The zero-order chi connectivity index (χ0) is 13.7. The minimum absolute atomic E-state index is 0.0941. The molecule has 0 radical (unpaired) electrons. The van der Waals surface area contributed by atoms with Crippen LogP contribution in [0, 0.1) is 0 Å². The Morgan fingerprint density at radius 2 is 2.25 bits per heavy atom. The number of aromatic nitrogens is 4. The average Bonchev–Trinajstić information content (AvgIpc) is 3.12. The fourth-order valence-corrected chi connectivity index (χ4v) is 3.25. The van der Waals surface area contributed by atoms with E-state index in [1.165, 1.54) is 0 Å². The lowest BCUT2D eigenvalue weighted by molar-refractivity contribution is -0.137. The van der Waals surface area contributed by atoms with Crippen LogP contribution in [0.1, 0.15) is 37.7 Å². The summed E-state index contributed by atoms with van der Waals surface area (Å²) in [4.78, 5) is 18.6. The van der Waals surface area contributed by atoms with Gasteiger partial charge in [-0.25, -0.2) is 0 Å². The standard InChI is InChI=1S/C14H15N5O/c1-9-14(20)18-7-3-5-11(18)13-17-16-12(19(9)13)10-4-2-6-15-8-10/h2,4,6,8-9,11H,3,5,7H2,1H3/t9-,11-/m0/s1. The lowest BCUT2D eigenvalue weighted by Crippen LogP contribution is -2.42. The van der Waals surface area contributed by atoms with Gasteiger partial charge in [-0.2, -0.15) is 0 Å². The first-order chi connectivity index (χ1) is 9.77. The Morgan fingerprint density at radius 3 is 3.05 bits per heavy atom. The van der Waals surface area contributed by atoms with E-state index in [4.69, 9.17) is 0 Å². The molecule has 0 saturated carbocycles. The molecule has 0 N–H and O–H groups in total. The summed E-state index contributed by atoms with van der Waals surface area (Å²) < 4.78 is 1.98. The molecule has 2 atom stereocenters. The molecule has 6 heteroatoms. The Hall–Kier alpha value is -2.24. The average molecular weight is 269 g/mol. The molecule has 0 aromatic carbocycles. The van der Waals surface area contributed by atoms with Gasteiger partial charge >= 0.3 is 0 Å². The molecule has 1 amide bonds. The summed E-state index contributed by atoms with van der Waals surface area (Å²) in [5.41, 5.74) is 0.900. The maximum Gasteiger partial charge on any atom is 0.246 e. The third-order valence-corrected chi connectivity index (χ3v) is 4.22. The zero-order valence-corrected chi connectivity index (χ0v) is 11.2. The van der Waals surface area contributed by atoms with Gasteiger partial charge in [-0.1, -0.05) is 0 Å². The Bertz CT molecular complexity index is 665. The van der Waals surface area contributed by atoms with Gasteiger partial charge in [0.15, 0.2) is 11.6 Å². The van der Waals surface area contributed by atoms with Crippen molar-refractivity contribution in [3.8, 4) is 11.4 Å². The van der Waals surface area contributed by atoms with Crippen LogP contribution >= 0.6 is 0 Å². The molecule has 2 aliphatic heterocycles. The Balaban J connectivity index is 1.89. The second-order valence-corrected chi connectivity index (χ2v) is 5.36. The summed E-state index contributed by atoms with van der Waals surface area (Å²) >= 11 is 0. The molecule has 2 aromatic heterocycles. The largest absolute Gasteiger partial charge is 0.331 e. The highest BCUT2D eigenvalue weighted by molar-refractivity contribution is 5.83. The molecule has 0 bridgehead atoms. The van der Waals surface area contributed by atoms with Crippen LogP contribution < -0.4 is 0 Å². The molecule has 6 nitrogen and oxygen atoms in total. The summed E-state index contributed by atoms with van der Waals surface area (Å²) in [6, 6.07) is 3.66. The lowest BCUT2D eigenvalue weighted by Gasteiger charge is -2.34. The van der Waals surface area contributed by atoms with Gasteiger partial charge in [0, 0.05) is 24.5 Å². The monoisotopic (exact) mass is 269 g/mol. The lowest BCUT2D eigenvalue weighted by atomic mass is 10.1. The maximum absolute atomic E-state index is 12.5. The highest BCUT2D eigenvalue weighted by Crippen LogP contribution is 2.39. The van der Waals surface area contributed by atoms with Crippen LogP contribution in [0.4, 0.5) is 0 Å². The number of hydrogen-bond donors (Lipinski definition) is 0. The number of pyridine rings is 1. The summed E-state index contributed by atoms with van der Waals surface area (Å²) in [5, 5.41) is 8.66. The SMILES string of the molecule is C[C@H]1C(=O)N2CCC[C@H]2c2nnc(-c3cccnc3)n21. The molecule has 0 aliphatic carbocycles. The van der Waals surface area contributed by atoms with E-state index < -0.39 is 0 Å². The Kier molecular flexibility index (Phi) is 2.39. The molecule has 4 rings (SSSR count). The van der Waals surface area contributed by atoms with E-state index in [-0.39, 0.29) is 18.0 Å². The number of fused-ring (bicyclic) bond motifs is 3. The van der Waals surface area contributed by atoms with Gasteiger partial charge in [0.2, 0.25) is 5.91 Å². The third kappa shape index (κ3) is 1.44. The molecule has 0 spiro atoms. The minimum atomic E-state index is -0.246. The maximum atomic E-state index is 12.5. The van der Waals surface area contributed by atoms with Gasteiger partial charge in [0.1, 0.15) is 6.04 Å². The Labute approximate surface area is 116 Å². The molecular weight excluding hydrogens is 254 g/mol. The summed E-state index contributed by atoms with van der Waals surface area (Å²) in [6.07, 6.45) is 5.50. The summed E-state index contributed by atoms with van der Waals surface area (Å²) in [5.74, 6) is 1.82. The highest BCUT2D eigenvalue weighted by Gasteiger charge is 2.42. The van der Waals surface area contributed by atoms with Gasteiger partial charge in [-0.05, 0) is 31.9 Å². The first kappa shape index (κ1) is 11.6. The van der Waals surface area contributed by atoms with E-state index in [9.17, 15) is 4.79 Å². The minimum Gasteiger partial charge on any atom is -0.331 e. The summed E-state index contributed by atoms with van der Waals surface area (Å²) in [6.45, 7) is 2.76. The molecular formula is C14H15N5O. The molecule has 4 heterocycles. The van der Waals surface area contributed by atoms with Crippen molar-refractivity contribution in [3.05, 3.63) is 30.4 Å². The molecule has 2 aliphatic rings. The van der Waals surface area contributed by atoms with Crippen molar-refractivity contribution in [2.45, 2.75) is 31.8 Å². The molecule has 1 saturated heterocycles. The Morgan fingerprint density at radius 1 is 1.35 bits per heavy atom. The first-order valence-electron chi connectivity index (χ1n) is 6.93. The molecule has 0 unspecified atom stereocenters. The van der Waals surface area contributed by atoms with Crippen LogP contribution in [0.2, 0.25) is 0 Å². The van der Waals surface area contributed by atoms with E-state index in [1.54, 1.807) is 12.4 Å². The van der Waals surface area contributed by atoms with E-state index >= 15 is 0 Å². The summed E-state index contributed by atoms with van der Waals surface area (Å²) in [7, 11) is 0. The van der Waals surface area contributed by atoms with Crippen molar-refractivity contribution in [2.75, 3.05) is 6.54 Å².